The Bertz CT molecular complexity index is 863. The molecule has 26 heavy (non-hydrogen) atoms. The van der Waals surface area contributed by atoms with Crippen LogP contribution in [0.25, 0.3) is 11.0 Å². The first-order valence-corrected chi connectivity index (χ1v) is 9.17. The van der Waals surface area contributed by atoms with Gasteiger partial charge >= 0.3 is 0 Å². The number of rotatable bonds is 9. The van der Waals surface area contributed by atoms with Crippen LogP contribution in [0.5, 0.6) is 17.5 Å². The summed E-state index contributed by atoms with van der Waals surface area (Å²) < 4.78 is 10.9. The third kappa shape index (κ3) is 4.82. The monoisotopic (exact) mass is 374 g/mol. The number of aryl methyl sites for hydroxylation is 1. The quantitative estimate of drug-likeness (QED) is 0.510. The number of hydrogen-bond acceptors (Lipinski definition) is 4. The number of ether oxygens (including phenoxy) is 2. The molecule has 0 aliphatic carbocycles. The highest BCUT2D eigenvalue weighted by Crippen LogP contribution is 2.28. The average Bonchev–Trinajstić information content (AvgIpc) is 3.01. The van der Waals surface area contributed by atoms with E-state index in [4.69, 9.17) is 21.1 Å². The molecule has 1 heterocycles. The maximum absolute atomic E-state index is 9.38. The summed E-state index contributed by atoms with van der Waals surface area (Å²) in [5.41, 5.74) is 2.92. The Morgan fingerprint density at radius 3 is 2.73 bits per heavy atom. The molecule has 0 aliphatic heterocycles. The lowest BCUT2D eigenvalue weighted by Crippen LogP contribution is -1.98. The third-order valence-corrected chi connectivity index (χ3v) is 4.59. The molecular weight excluding hydrogens is 352 g/mol. The second-order valence-electron chi connectivity index (χ2n) is 6.22. The highest BCUT2D eigenvalue weighted by molar-refractivity contribution is 6.32. The van der Waals surface area contributed by atoms with E-state index < -0.39 is 0 Å². The minimum absolute atomic E-state index is 0.0332. The number of halogens is 1. The van der Waals surface area contributed by atoms with Gasteiger partial charge in [-0.1, -0.05) is 30.5 Å². The van der Waals surface area contributed by atoms with E-state index in [2.05, 4.69) is 22.1 Å². The van der Waals surface area contributed by atoms with Crippen molar-refractivity contribution in [2.24, 2.45) is 0 Å². The molecular formula is C20H23ClN2O3. The Hall–Kier alpha value is -2.40. The van der Waals surface area contributed by atoms with Gasteiger partial charge in [0.1, 0.15) is 11.5 Å². The highest BCUT2D eigenvalue weighted by atomic mass is 35.5. The molecule has 6 heteroatoms. The molecule has 0 spiro atoms. The van der Waals surface area contributed by atoms with Crippen LogP contribution < -0.4 is 9.47 Å². The zero-order valence-electron chi connectivity index (χ0n) is 14.8. The van der Waals surface area contributed by atoms with Crippen LogP contribution in [0, 0.1) is 0 Å². The lowest BCUT2D eigenvalue weighted by Gasteiger charge is -2.09. The van der Waals surface area contributed by atoms with E-state index in [9.17, 15) is 5.11 Å². The molecule has 3 rings (SSSR count). The summed E-state index contributed by atoms with van der Waals surface area (Å²) >= 11 is 6.15. The van der Waals surface area contributed by atoms with Crippen LogP contribution in [-0.4, -0.2) is 28.8 Å². The summed E-state index contributed by atoms with van der Waals surface area (Å²) in [5.74, 6) is 1.43. The van der Waals surface area contributed by atoms with E-state index in [1.54, 1.807) is 13.2 Å². The van der Waals surface area contributed by atoms with Crippen molar-refractivity contribution in [2.45, 2.75) is 32.1 Å². The molecule has 0 radical (unpaired) electrons. The van der Waals surface area contributed by atoms with Gasteiger partial charge in [-0.25, -0.2) is 0 Å². The number of benzene rings is 2. The molecule has 0 aliphatic rings. The normalized spacial score (nSPS) is 11.0. The van der Waals surface area contributed by atoms with Crippen LogP contribution in [0.1, 0.15) is 31.2 Å². The number of aromatic hydroxyl groups is 1. The van der Waals surface area contributed by atoms with Gasteiger partial charge in [0.2, 0.25) is 0 Å². The van der Waals surface area contributed by atoms with Crippen molar-refractivity contribution in [3.8, 4) is 17.5 Å². The molecule has 138 valence electrons. The van der Waals surface area contributed by atoms with Gasteiger partial charge in [0.25, 0.3) is 6.01 Å². The van der Waals surface area contributed by atoms with Crippen molar-refractivity contribution in [1.82, 2.24) is 9.97 Å². The summed E-state index contributed by atoms with van der Waals surface area (Å²) in [6.07, 6.45) is 5.39. The predicted molar refractivity (Wildman–Crippen MR) is 103 cm³/mol. The Kier molecular flexibility index (Phi) is 6.23. The maximum Gasteiger partial charge on any atom is 0.292 e. The van der Waals surface area contributed by atoms with Crippen molar-refractivity contribution in [3.63, 3.8) is 0 Å². The average molecular weight is 375 g/mol. The summed E-state index contributed by atoms with van der Waals surface area (Å²) in [4.78, 5) is 6.85. The summed E-state index contributed by atoms with van der Waals surface area (Å²) in [5, 5.41) is 9.95. The van der Waals surface area contributed by atoms with Crippen LogP contribution in [-0.2, 0) is 6.42 Å². The minimum atomic E-state index is -0.0332. The summed E-state index contributed by atoms with van der Waals surface area (Å²) in [6.45, 7) is 0.658. The number of imidazole rings is 1. The number of hydrogen-bond donors (Lipinski definition) is 2. The van der Waals surface area contributed by atoms with Crippen LogP contribution in [0.2, 0.25) is 5.02 Å². The minimum Gasteiger partial charge on any atom is -0.497 e. The van der Waals surface area contributed by atoms with Gasteiger partial charge in [0.15, 0.2) is 0 Å². The van der Waals surface area contributed by atoms with Gasteiger partial charge in [-0.15, -0.1) is 0 Å². The van der Waals surface area contributed by atoms with Gasteiger partial charge in [-0.3, -0.25) is 0 Å². The first-order valence-electron chi connectivity index (χ1n) is 8.79. The zero-order valence-corrected chi connectivity index (χ0v) is 15.6. The van der Waals surface area contributed by atoms with Gasteiger partial charge in [-0.2, -0.15) is 4.98 Å². The Labute approximate surface area is 157 Å². The molecule has 1 aromatic heterocycles. The number of methoxy groups -OCH3 is 1. The van der Waals surface area contributed by atoms with E-state index >= 15 is 0 Å². The molecule has 3 aromatic rings. The summed E-state index contributed by atoms with van der Waals surface area (Å²) in [6, 6.07) is 11.5. The zero-order chi connectivity index (χ0) is 18.4. The number of aromatic amines is 1. The smallest absolute Gasteiger partial charge is 0.292 e. The van der Waals surface area contributed by atoms with Gasteiger partial charge in [0.05, 0.1) is 29.8 Å². The molecule has 0 bridgehead atoms. The number of fused-ring (bicyclic) bond motifs is 1. The Morgan fingerprint density at radius 2 is 1.92 bits per heavy atom. The van der Waals surface area contributed by atoms with Gasteiger partial charge < -0.3 is 19.6 Å². The molecule has 0 saturated carbocycles. The second-order valence-corrected chi connectivity index (χ2v) is 6.63. The van der Waals surface area contributed by atoms with E-state index in [0.717, 1.165) is 48.9 Å². The molecule has 0 unspecified atom stereocenters. The van der Waals surface area contributed by atoms with Gasteiger partial charge in [-0.05, 0) is 49.1 Å². The number of nitrogens with zero attached hydrogens (tertiary/aromatic N) is 1. The number of nitrogens with one attached hydrogen (secondary N) is 1. The third-order valence-electron chi connectivity index (χ3n) is 4.29. The first kappa shape index (κ1) is 18.4. The molecule has 0 atom stereocenters. The maximum atomic E-state index is 9.38. The van der Waals surface area contributed by atoms with Crippen molar-refractivity contribution in [3.05, 3.63) is 47.0 Å². The molecule has 0 amide bonds. The molecule has 5 nitrogen and oxygen atoms in total. The largest absolute Gasteiger partial charge is 0.497 e. The van der Waals surface area contributed by atoms with E-state index in [1.165, 1.54) is 5.56 Å². The lowest BCUT2D eigenvalue weighted by atomic mass is 10.1. The molecule has 0 saturated heterocycles. The van der Waals surface area contributed by atoms with Crippen molar-refractivity contribution in [1.29, 1.82) is 0 Å². The number of unbranched alkanes of at least 4 members (excludes halogenated alkanes) is 3. The summed E-state index contributed by atoms with van der Waals surface area (Å²) in [7, 11) is 1.61. The van der Waals surface area contributed by atoms with Gasteiger partial charge in [0, 0.05) is 6.07 Å². The van der Waals surface area contributed by atoms with E-state index in [0.29, 0.717) is 17.4 Å². The van der Waals surface area contributed by atoms with E-state index in [-0.39, 0.29) is 6.01 Å². The fraction of sp³-hybridized carbons (Fsp3) is 0.350. The van der Waals surface area contributed by atoms with Crippen molar-refractivity contribution < 1.29 is 14.6 Å². The fourth-order valence-corrected chi connectivity index (χ4v) is 3.12. The number of aromatic nitrogens is 2. The fourth-order valence-electron chi connectivity index (χ4n) is 2.89. The predicted octanol–water partition coefficient (Wildman–Crippen LogP) is 5.11. The first-order chi connectivity index (χ1) is 12.7. The standard InChI is InChI=1S/C20H23ClN2O3/c1-25-15-8-10-19(16(21)13-15)26-11-5-3-2-4-6-14-7-9-17-18(12-14)23-20(24)22-17/h7-10,12-13H,2-6,11H2,1H3,(H2,22,23,24). The topological polar surface area (TPSA) is 67.4 Å². The Balaban J connectivity index is 1.34. The molecule has 0 fully saturated rings. The SMILES string of the molecule is COc1ccc(OCCCCCCc2ccc3nc(O)[nH]c3c2)c(Cl)c1. The van der Waals surface area contributed by atoms with Crippen LogP contribution in [0.4, 0.5) is 0 Å². The highest BCUT2D eigenvalue weighted by Gasteiger charge is 2.04. The van der Waals surface area contributed by atoms with Crippen LogP contribution in [0.3, 0.4) is 0 Å². The van der Waals surface area contributed by atoms with Crippen LogP contribution in [0.15, 0.2) is 36.4 Å². The van der Waals surface area contributed by atoms with Crippen molar-refractivity contribution >= 4 is 22.6 Å². The second kappa shape index (κ2) is 8.81. The van der Waals surface area contributed by atoms with Crippen molar-refractivity contribution in [2.75, 3.05) is 13.7 Å². The molecule has 2 aromatic carbocycles. The number of H-pyrrole nitrogens is 1. The lowest BCUT2D eigenvalue weighted by molar-refractivity contribution is 0.304. The molecule has 2 N–H and O–H groups in total. The van der Waals surface area contributed by atoms with Crippen LogP contribution >= 0.6 is 11.6 Å². The van der Waals surface area contributed by atoms with E-state index in [1.807, 2.05) is 18.2 Å². The Morgan fingerprint density at radius 1 is 1.08 bits per heavy atom.